The molecule has 11 nitrogen and oxygen atoms in total. The fourth-order valence-electron chi connectivity index (χ4n) is 3.22. The molecular weight excluding hydrogens is 442 g/mol. The molecule has 0 bridgehead atoms. The third-order valence-corrected chi connectivity index (χ3v) is 5.53. The Labute approximate surface area is 199 Å². The molecule has 0 aliphatic carbocycles. The first-order valence-electron chi connectivity index (χ1n) is 11.4. The van der Waals surface area contributed by atoms with E-state index in [9.17, 15) is 29.4 Å². The summed E-state index contributed by atoms with van der Waals surface area (Å²) in [6, 6.07) is 3.30. The molecule has 9 N–H and O–H groups in total. The van der Waals surface area contributed by atoms with Crippen molar-refractivity contribution in [2.75, 3.05) is 13.1 Å². The summed E-state index contributed by atoms with van der Waals surface area (Å²) in [5, 5.41) is 26.3. The van der Waals surface area contributed by atoms with Crippen molar-refractivity contribution in [3.63, 3.8) is 0 Å². The summed E-state index contributed by atoms with van der Waals surface area (Å²) in [4.78, 5) is 48.9. The number of hydrogen-bond donors (Lipinski definition) is 7. The number of carbonyl (C=O) groups excluding carboxylic acids is 3. The highest BCUT2D eigenvalue weighted by Gasteiger charge is 2.29. The second-order valence-corrected chi connectivity index (χ2v) is 8.31. The van der Waals surface area contributed by atoms with E-state index in [4.69, 9.17) is 11.5 Å². The van der Waals surface area contributed by atoms with E-state index in [-0.39, 0.29) is 24.5 Å². The van der Waals surface area contributed by atoms with Gasteiger partial charge in [0.2, 0.25) is 17.7 Å². The number of amides is 3. The lowest BCUT2D eigenvalue weighted by atomic mass is 9.98. The van der Waals surface area contributed by atoms with Crippen LogP contribution < -0.4 is 27.4 Å². The highest BCUT2D eigenvalue weighted by molar-refractivity contribution is 5.92. The van der Waals surface area contributed by atoms with Crippen molar-refractivity contribution in [1.82, 2.24) is 16.0 Å². The summed E-state index contributed by atoms with van der Waals surface area (Å²) < 4.78 is 0. The Bertz CT molecular complexity index is 817. The molecule has 11 heteroatoms. The number of phenolic OH excluding ortho intramolecular Hbond substituents is 1. The number of aliphatic carboxylic acids is 1. The van der Waals surface area contributed by atoms with E-state index in [0.29, 0.717) is 25.8 Å². The van der Waals surface area contributed by atoms with Gasteiger partial charge in [-0.05, 0) is 55.8 Å². The molecule has 0 radical (unpaired) electrons. The zero-order chi connectivity index (χ0) is 25.7. The van der Waals surface area contributed by atoms with Crippen LogP contribution in [0.5, 0.6) is 5.75 Å². The largest absolute Gasteiger partial charge is 0.508 e. The molecule has 0 spiro atoms. The molecule has 3 amide bonds. The Hall–Kier alpha value is -3.18. The van der Waals surface area contributed by atoms with E-state index in [2.05, 4.69) is 16.0 Å². The number of carboxylic acids is 1. The fraction of sp³-hybridized carbons (Fsp3) is 0.565. The molecule has 1 rings (SSSR count). The summed E-state index contributed by atoms with van der Waals surface area (Å²) in [6.45, 7) is 3.57. The molecule has 34 heavy (non-hydrogen) atoms. The van der Waals surface area contributed by atoms with Crippen molar-refractivity contribution in [1.29, 1.82) is 0 Å². The number of nitrogens with two attached hydrogens (primary N) is 2. The number of benzene rings is 1. The molecule has 4 unspecified atom stereocenters. The number of carbonyl (C=O) groups is 4. The first kappa shape index (κ1) is 28.9. The topological polar surface area (TPSA) is 197 Å². The Morgan fingerprint density at radius 2 is 1.68 bits per heavy atom. The lowest BCUT2D eigenvalue weighted by Gasteiger charge is -2.24. The van der Waals surface area contributed by atoms with Gasteiger partial charge in [-0.1, -0.05) is 32.4 Å². The van der Waals surface area contributed by atoms with Crippen LogP contribution in [0.2, 0.25) is 0 Å². The Morgan fingerprint density at radius 3 is 2.24 bits per heavy atom. The lowest BCUT2D eigenvalue weighted by Crippen LogP contribution is -2.55. The average Bonchev–Trinajstić information content (AvgIpc) is 2.80. The van der Waals surface area contributed by atoms with E-state index in [1.807, 2.05) is 6.92 Å². The standard InChI is InChI=1S/C23H37N5O6/c1-3-14(2)20(23(33)34)28-22(32)18(6-4-5-11-24)27-19(30)13-26-21(31)17(25)12-15-7-9-16(29)10-8-15/h7-10,14,17-18,20,29H,3-6,11-13,24-25H2,1-2H3,(H,26,31)(H,27,30)(H,28,32)(H,33,34). The van der Waals surface area contributed by atoms with Crippen LogP contribution in [0.1, 0.15) is 45.1 Å². The maximum Gasteiger partial charge on any atom is 0.326 e. The number of phenols is 1. The summed E-state index contributed by atoms with van der Waals surface area (Å²) in [6.07, 6.45) is 2.23. The smallest absolute Gasteiger partial charge is 0.326 e. The van der Waals surface area contributed by atoms with Crippen LogP contribution in [-0.4, -0.2) is 65.1 Å². The van der Waals surface area contributed by atoms with Gasteiger partial charge in [0.05, 0.1) is 12.6 Å². The van der Waals surface area contributed by atoms with Gasteiger partial charge in [-0.15, -0.1) is 0 Å². The summed E-state index contributed by atoms with van der Waals surface area (Å²) >= 11 is 0. The predicted molar refractivity (Wildman–Crippen MR) is 127 cm³/mol. The van der Waals surface area contributed by atoms with Gasteiger partial charge in [-0.3, -0.25) is 14.4 Å². The van der Waals surface area contributed by atoms with Crippen molar-refractivity contribution in [3.05, 3.63) is 29.8 Å². The van der Waals surface area contributed by atoms with Crippen LogP contribution in [0.3, 0.4) is 0 Å². The number of nitrogens with one attached hydrogen (secondary N) is 3. The molecule has 0 aromatic heterocycles. The highest BCUT2D eigenvalue weighted by Crippen LogP contribution is 2.11. The van der Waals surface area contributed by atoms with E-state index in [1.165, 1.54) is 12.1 Å². The number of rotatable bonds is 15. The van der Waals surface area contributed by atoms with Crippen molar-refractivity contribution in [2.45, 2.75) is 64.1 Å². The Balaban J connectivity index is 2.67. The van der Waals surface area contributed by atoms with Crippen LogP contribution in [-0.2, 0) is 25.6 Å². The number of unbranched alkanes of at least 4 members (excludes halogenated alkanes) is 1. The second kappa shape index (κ2) is 14.9. The van der Waals surface area contributed by atoms with Crippen molar-refractivity contribution >= 4 is 23.7 Å². The van der Waals surface area contributed by atoms with Gasteiger partial charge in [-0.25, -0.2) is 4.79 Å². The maximum atomic E-state index is 12.7. The molecule has 190 valence electrons. The molecule has 0 saturated heterocycles. The minimum atomic E-state index is -1.15. The minimum Gasteiger partial charge on any atom is -0.508 e. The third kappa shape index (κ3) is 10.2. The molecule has 0 saturated carbocycles. The van der Waals surface area contributed by atoms with E-state index in [1.54, 1.807) is 19.1 Å². The molecule has 4 atom stereocenters. The monoisotopic (exact) mass is 479 g/mol. The summed E-state index contributed by atoms with van der Waals surface area (Å²) in [5.41, 5.74) is 12.1. The van der Waals surface area contributed by atoms with Gasteiger partial charge in [0.25, 0.3) is 0 Å². The van der Waals surface area contributed by atoms with Crippen molar-refractivity contribution < 1.29 is 29.4 Å². The van der Waals surface area contributed by atoms with Crippen LogP contribution >= 0.6 is 0 Å². The van der Waals surface area contributed by atoms with Crippen molar-refractivity contribution in [2.24, 2.45) is 17.4 Å². The predicted octanol–water partition coefficient (Wildman–Crippen LogP) is -0.392. The van der Waals surface area contributed by atoms with Gasteiger partial charge >= 0.3 is 5.97 Å². The zero-order valence-corrected chi connectivity index (χ0v) is 19.8. The minimum absolute atomic E-state index is 0.0994. The van der Waals surface area contributed by atoms with Gasteiger partial charge in [0.15, 0.2) is 0 Å². The fourth-order valence-corrected chi connectivity index (χ4v) is 3.22. The zero-order valence-electron chi connectivity index (χ0n) is 19.8. The number of carboxylic acid groups (broad SMARTS) is 1. The van der Waals surface area contributed by atoms with E-state index in [0.717, 1.165) is 5.56 Å². The average molecular weight is 480 g/mol. The first-order valence-corrected chi connectivity index (χ1v) is 11.4. The van der Waals surface area contributed by atoms with Crippen molar-refractivity contribution in [3.8, 4) is 5.75 Å². The molecule has 1 aromatic carbocycles. The molecular formula is C23H37N5O6. The van der Waals surface area contributed by atoms with E-state index < -0.39 is 48.4 Å². The number of aromatic hydroxyl groups is 1. The lowest BCUT2D eigenvalue weighted by molar-refractivity contribution is -0.143. The Morgan fingerprint density at radius 1 is 1.03 bits per heavy atom. The van der Waals surface area contributed by atoms with Crippen LogP contribution in [0.25, 0.3) is 0 Å². The molecule has 0 aliphatic heterocycles. The third-order valence-electron chi connectivity index (χ3n) is 5.53. The molecule has 1 aromatic rings. The maximum absolute atomic E-state index is 12.7. The van der Waals surface area contributed by atoms with Gasteiger partial charge < -0.3 is 37.6 Å². The van der Waals surface area contributed by atoms with Crippen LogP contribution in [0.15, 0.2) is 24.3 Å². The number of hydrogen-bond acceptors (Lipinski definition) is 7. The van der Waals surface area contributed by atoms with Gasteiger partial charge in [0, 0.05) is 0 Å². The molecule has 0 heterocycles. The summed E-state index contributed by atoms with van der Waals surface area (Å²) in [5.74, 6) is -3.10. The quantitative estimate of drug-likeness (QED) is 0.165. The highest BCUT2D eigenvalue weighted by atomic mass is 16.4. The van der Waals surface area contributed by atoms with Crippen LogP contribution in [0, 0.1) is 5.92 Å². The molecule has 0 fully saturated rings. The second-order valence-electron chi connectivity index (χ2n) is 8.31. The molecule has 0 aliphatic rings. The van der Waals surface area contributed by atoms with Gasteiger partial charge in [-0.2, -0.15) is 0 Å². The van der Waals surface area contributed by atoms with Gasteiger partial charge in [0.1, 0.15) is 17.8 Å². The van der Waals surface area contributed by atoms with E-state index >= 15 is 0 Å². The van der Waals surface area contributed by atoms with Crippen LogP contribution in [0.4, 0.5) is 0 Å². The normalized spacial score (nSPS) is 14.4. The SMILES string of the molecule is CCC(C)C(NC(=O)C(CCCCN)NC(=O)CNC(=O)C(N)Cc1ccc(O)cc1)C(=O)O. The first-order chi connectivity index (χ1) is 16.1. The summed E-state index contributed by atoms with van der Waals surface area (Å²) in [7, 11) is 0. The Kier molecular flexibility index (Phi) is 12.6.